The van der Waals surface area contributed by atoms with Crippen molar-refractivity contribution in [3.05, 3.63) is 0 Å². The lowest BCUT2D eigenvalue weighted by molar-refractivity contribution is -0.162. The van der Waals surface area contributed by atoms with E-state index in [4.69, 9.17) is 21.3 Å². The van der Waals surface area contributed by atoms with Crippen LogP contribution in [0.5, 0.6) is 0 Å². The summed E-state index contributed by atoms with van der Waals surface area (Å²) in [6.45, 7) is 2.54. The number of aliphatic carboxylic acids is 1. The molecule has 0 bridgehead atoms. The van der Waals surface area contributed by atoms with Gasteiger partial charge in [-0.05, 0) is 13.8 Å². The van der Waals surface area contributed by atoms with E-state index in [1.165, 1.54) is 13.8 Å². The minimum absolute atomic E-state index is 0.296. The molecule has 0 amide bonds. The van der Waals surface area contributed by atoms with Crippen molar-refractivity contribution in [1.82, 2.24) is 0 Å². The molecule has 0 rings (SSSR count). The molecule has 0 aliphatic rings. The summed E-state index contributed by atoms with van der Waals surface area (Å²) in [6.07, 6.45) is 0. The Hall–Kier alpha value is -1.14. The number of hydrogen-bond acceptors (Lipinski definition) is 5. The van der Waals surface area contributed by atoms with Crippen LogP contribution in [0.25, 0.3) is 0 Å². The molecule has 0 radical (unpaired) electrons. The van der Waals surface area contributed by atoms with Gasteiger partial charge in [0, 0.05) is 0 Å². The summed E-state index contributed by atoms with van der Waals surface area (Å²) in [5.74, 6) is -1.91. The summed E-state index contributed by atoms with van der Waals surface area (Å²) in [6, 6.07) is -1.26. The first-order valence-corrected chi connectivity index (χ1v) is 3.71. The van der Waals surface area contributed by atoms with Crippen molar-refractivity contribution < 1.29 is 19.4 Å². The monoisotopic (exact) mass is 190 g/mol. The largest absolute Gasteiger partial charge is 0.480 e. The Morgan fingerprint density at radius 1 is 1.54 bits per heavy atom. The van der Waals surface area contributed by atoms with Crippen molar-refractivity contribution in [3.63, 3.8) is 0 Å². The summed E-state index contributed by atoms with van der Waals surface area (Å²) in [5.41, 5.74) is 9.02. The number of nitrogens with two attached hydrogens (primary N) is 2. The predicted molar refractivity (Wildman–Crippen MR) is 44.8 cm³/mol. The van der Waals surface area contributed by atoms with Crippen LogP contribution in [0.4, 0.5) is 0 Å². The summed E-state index contributed by atoms with van der Waals surface area (Å²) >= 11 is 0. The molecule has 6 nitrogen and oxygen atoms in total. The SMILES string of the molecule is CC(C)(OC(=O)CN)C(N)C(=O)O. The highest BCUT2D eigenvalue weighted by molar-refractivity contribution is 5.77. The molecule has 0 saturated heterocycles. The van der Waals surface area contributed by atoms with Crippen molar-refractivity contribution in [1.29, 1.82) is 0 Å². The molecular weight excluding hydrogens is 176 g/mol. The van der Waals surface area contributed by atoms with Gasteiger partial charge in [-0.1, -0.05) is 0 Å². The van der Waals surface area contributed by atoms with Gasteiger partial charge < -0.3 is 21.3 Å². The summed E-state index contributed by atoms with van der Waals surface area (Å²) in [4.78, 5) is 21.2. The predicted octanol–water partition coefficient (Wildman–Crippen LogP) is -1.32. The fourth-order valence-corrected chi connectivity index (χ4v) is 0.696. The molecule has 6 heteroatoms. The molecule has 0 aliphatic carbocycles. The number of carboxylic acid groups (broad SMARTS) is 1. The van der Waals surface area contributed by atoms with E-state index in [2.05, 4.69) is 0 Å². The number of carbonyl (C=O) groups excluding carboxylic acids is 1. The van der Waals surface area contributed by atoms with Crippen LogP contribution in [0, 0.1) is 0 Å². The molecule has 76 valence electrons. The first-order valence-electron chi connectivity index (χ1n) is 3.71. The maximum absolute atomic E-state index is 10.8. The summed E-state index contributed by atoms with van der Waals surface area (Å²) in [7, 11) is 0. The highest BCUT2D eigenvalue weighted by atomic mass is 16.6. The van der Waals surface area contributed by atoms with Crippen molar-refractivity contribution >= 4 is 11.9 Å². The van der Waals surface area contributed by atoms with Gasteiger partial charge in [0.1, 0.15) is 11.6 Å². The lowest BCUT2D eigenvalue weighted by Crippen LogP contribution is -2.52. The van der Waals surface area contributed by atoms with E-state index in [0.29, 0.717) is 0 Å². The van der Waals surface area contributed by atoms with Crippen LogP contribution in [0.2, 0.25) is 0 Å². The highest BCUT2D eigenvalue weighted by Crippen LogP contribution is 2.13. The van der Waals surface area contributed by atoms with Gasteiger partial charge in [-0.2, -0.15) is 0 Å². The van der Waals surface area contributed by atoms with Crippen molar-refractivity contribution in [2.75, 3.05) is 6.54 Å². The van der Waals surface area contributed by atoms with Crippen LogP contribution in [-0.4, -0.2) is 35.2 Å². The van der Waals surface area contributed by atoms with E-state index in [1.54, 1.807) is 0 Å². The molecular formula is C7H14N2O4. The normalized spacial score (nSPS) is 13.5. The molecule has 0 aromatic rings. The Balaban J connectivity index is 4.38. The van der Waals surface area contributed by atoms with Gasteiger partial charge in [-0.15, -0.1) is 0 Å². The van der Waals surface area contributed by atoms with Crippen LogP contribution in [0.1, 0.15) is 13.8 Å². The minimum atomic E-state index is -1.26. The lowest BCUT2D eigenvalue weighted by Gasteiger charge is -2.28. The van der Waals surface area contributed by atoms with E-state index < -0.39 is 23.6 Å². The van der Waals surface area contributed by atoms with Crippen molar-refractivity contribution in [2.45, 2.75) is 25.5 Å². The Morgan fingerprint density at radius 2 is 2.00 bits per heavy atom. The van der Waals surface area contributed by atoms with Crippen LogP contribution < -0.4 is 11.5 Å². The Kier molecular flexibility index (Phi) is 3.83. The van der Waals surface area contributed by atoms with Gasteiger partial charge in [-0.25, -0.2) is 0 Å². The third kappa shape index (κ3) is 3.39. The van der Waals surface area contributed by atoms with Crippen LogP contribution in [0.15, 0.2) is 0 Å². The number of rotatable bonds is 4. The molecule has 1 unspecified atom stereocenters. The second kappa shape index (κ2) is 4.20. The third-order valence-corrected chi connectivity index (χ3v) is 1.56. The van der Waals surface area contributed by atoms with Crippen LogP contribution in [-0.2, 0) is 14.3 Å². The Morgan fingerprint density at radius 3 is 2.31 bits per heavy atom. The number of carboxylic acids is 1. The molecule has 0 aliphatic heterocycles. The topological polar surface area (TPSA) is 116 Å². The first-order chi connectivity index (χ1) is 5.81. The van der Waals surface area contributed by atoms with Gasteiger partial charge in [0.15, 0.2) is 0 Å². The quantitative estimate of drug-likeness (QED) is 0.473. The second-order valence-corrected chi connectivity index (χ2v) is 3.10. The molecule has 5 N–H and O–H groups in total. The second-order valence-electron chi connectivity index (χ2n) is 3.10. The molecule has 0 aromatic heterocycles. The first kappa shape index (κ1) is 11.9. The lowest BCUT2D eigenvalue weighted by atomic mass is 10.00. The molecule has 0 fully saturated rings. The smallest absolute Gasteiger partial charge is 0.324 e. The van der Waals surface area contributed by atoms with Crippen molar-refractivity contribution in [2.24, 2.45) is 11.5 Å². The van der Waals surface area contributed by atoms with E-state index in [0.717, 1.165) is 0 Å². The van der Waals surface area contributed by atoms with Gasteiger partial charge >= 0.3 is 11.9 Å². The number of hydrogen-bond donors (Lipinski definition) is 3. The fraction of sp³-hybridized carbons (Fsp3) is 0.714. The molecule has 0 spiro atoms. The molecule has 1 atom stereocenters. The zero-order valence-corrected chi connectivity index (χ0v) is 7.61. The van der Waals surface area contributed by atoms with Crippen LogP contribution >= 0.6 is 0 Å². The van der Waals surface area contributed by atoms with Crippen molar-refractivity contribution in [3.8, 4) is 0 Å². The molecule has 0 saturated carbocycles. The number of carbonyl (C=O) groups is 2. The third-order valence-electron chi connectivity index (χ3n) is 1.56. The Bertz CT molecular complexity index is 215. The van der Waals surface area contributed by atoms with E-state index >= 15 is 0 Å². The summed E-state index contributed by atoms with van der Waals surface area (Å²) in [5, 5.41) is 8.56. The fourth-order valence-electron chi connectivity index (χ4n) is 0.696. The summed E-state index contributed by atoms with van der Waals surface area (Å²) < 4.78 is 4.74. The highest BCUT2D eigenvalue weighted by Gasteiger charge is 2.35. The zero-order valence-electron chi connectivity index (χ0n) is 7.61. The average molecular weight is 190 g/mol. The van der Waals surface area contributed by atoms with Gasteiger partial charge in [0.25, 0.3) is 0 Å². The number of ether oxygens (including phenoxy) is 1. The van der Waals surface area contributed by atoms with Gasteiger partial charge in [0.05, 0.1) is 6.54 Å². The molecule has 0 aromatic carbocycles. The molecule has 13 heavy (non-hydrogen) atoms. The zero-order chi connectivity index (χ0) is 10.6. The van der Waals surface area contributed by atoms with Gasteiger partial charge in [-0.3, -0.25) is 9.59 Å². The van der Waals surface area contributed by atoms with Crippen LogP contribution in [0.3, 0.4) is 0 Å². The standard InChI is InChI=1S/C7H14N2O4/c1-7(2,5(9)6(11)12)13-4(10)3-8/h5H,3,8-9H2,1-2H3,(H,11,12). The number of esters is 1. The van der Waals surface area contributed by atoms with E-state index in [-0.39, 0.29) is 6.54 Å². The minimum Gasteiger partial charge on any atom is -0.480 e. The molecule has 0 heterocycles. The Labute approximate surface area is 75.8 Å². The average Bonchev–Trinajstić information content (AvgIpc) is 2.01. The van der Waals surface area contributed by atoms with Gasteiger partial charge in [0.2, 0.25) is 0 Å². The van der Waals surface area contributed by atoms with E-state index in [9.17, 15) is 9.59 Å². The maximum Gasteiger partial charge on any atom is 0.324 e. The van der Waals surface area contributed by atoms with E-state index in [1.807, 2.05) is 0 Å². The maximum atomic E-state index is 10.8.